The second-order valence-electron chi connectivity index (χ2n) is 3.47. The van der Waals surface area contributed by atoms with E-state index in [0.717, 1.165) is 25.7 Å². The van der Waals surface area contributed by atoms with Gasteiger partial charge in [0, 0.05) is 6.04 Å². The Morgan fingerprint density at radius 3 is 2.43 bits per heavy atom. The van der Waals surface area contributed by atoms with Gasteiger partial charge in [0.15, 0.2) is 0 Å². The molecular formula is C11H23NO2. The quantitative estimate of drug-likeness (QED) is 0.483. The van der Waals surface area contributed by atoms with Crippen molar-refractivity contribution < 1.29 is 9.53 Å². The molecule has 3 nitrogen and oxygen atoms in total. The van der Waals surface area contributed by atoms with E-state index in [0.29, 0.717) is 19.2 Å². The lowest BCUT2D eigenvalue weighted by Gasteiger charge is -2.13. The molecule has 0 radical (unpaired) electrons. The molecule has 0 aliphatic heterocycles. The van der Waals surface area contributed by atoms with Crippen LogP contribution in [0.2, 0.25) is 0 Å². The molecule has 3 heteroatoms. The van der Waals surface area contributed by atoms with Gasteiger partial charge in [0.2, 0.25) is 0 Å². The molecule has 0 bridgehead atoms. The van der Waals surface area contributed by atoms with Crippen molar-refractivity contribution in [3.8, 4) is 0 Å². The maximum atomic E-state index is 11.2. The van der Waals surface area contributed by atoms with E-state index in [1.165, 1.54) is 0 Å². The van der Waals surface area contributed by atoms with Gasteiger partial charge in [-0.15, -0.1) is 0 Å². The first-order valence-electron chi connectivity index (χ1n) is 5.63. The SMILES string of the molecule is CCCCOC(=O)CNC(CC)CC. The van der Waals surface area contributed by atoms with Crippen LogP contribution in [0.5, 0.6) is 0 Å². The topological polar surface area (TPSA) is 38.3 Å². The van der Waals surface area contributed by atoms with Crippen LogP contribution in [0.4, 0.5) is 0 Å². The zero-order chi connectivity index (χ0) is 10.8. The second-order valence-corrected chi connectivity index (χ2v) is 3.47. The van der Waals surface area contributed by atoms with Crippen LogP contribution in [-0.4, -0.2) is 25.2 Å². The van der Waals surface area contributed by atoms with Crippen molar-refractivity contribution in [1.29, 1.82) is 0 Å². The summed E-state index contributed by atoms with van der Waals surface area (Å²) in [4.78, 5) is 11.2. The van der Waals surface area contributed by atoms with Crippen molar-refractivity contribution in [2.24, 2.45) is 0 Å². The van der Waals surface area contributed by atoms with Crippen molar-refractivity contribution in [1.82, 2.24) is 5.32 Å². The van der Waals surface area contributed by atoms with Crippen LogP contribution in [0.15, 0.2) is 0 Å². The highest BCUT2D eigenvalue weighted by molar-refractivity contribution is 5.71. The molecule has 14 heavy (non-hydrogen) atoms. The van der Waals surface area contributed by atoms with Crippen molar-refractivity contribution in [3.05, 3.63) is 0 Å². The van der Waals surface area contributed by atoms with Crippen LogP contribution in [0.3, 0.4) is 0 Å². The smallest absolute Gasteiger partial charge is 0.319 e. The van der Waals surface area contributed by atoms with Crippen LogP contribution in [0.1, 0.15) is 46.5 Å². The molecule has 0 saturated carbocycles. The highest BCUT2D eigenvalue weighted by Crippen LogP contribution is 1.95. The zero-order valence-electron chi connectivity index (χ0n) is 9.64. The fourth-order valence-electron chi connectivity index (χ4n) is 1.19. The molecule has 0 spiro atoms. The molecule has 0 aromatic rings. The van der Waals surface area contributed by atoms with E-state index in [-0.39, 0.29) is 5.97 Å². The molecule has 0 unspecified atom stereocenters. The summed E-state index contributed by atoms with van der Waals surface area (Å²) in [5.74, 6) is -0.134. The summed E-state index contributed by atoms with van der Waals surface area (Å²) in [5.41, 5.74) is 0. The summed E-state index contributed by atoms with van der Waals surface area (Å²) < 4.78 is 5.02. The molecule has 0 aliphatic rings. The van der Waals surface area contributed by atoms with Gasteiger partial charge >= 0.3 is 5.97 Å². The summed E-state index contributed by atoms with van der Waals surface area (Å²) in [6.45, 7) is 7.21. The number of nitrogens with one attached hydrogen (secondary N) is 1. The normalized spacial score (nSPS) is 10.6. The third kappa shape index (κ3) is 6.89. The number of carbonyl (C=O) groups is 1. The first-order chi connectivity index (χ1) is 6.74. The number of rotatable bonds is 8. The van der Waals surface area contributed by atoms with Gasteiger partial charge in [-0.3, -0.25) is 4.79 Å². The van der Waals surface area contributed by atoms with E-state index in [9.17, 15) is 4.79 Å². The molecular weight excluding hydrogens is 178 g/mol. The van der Waals surface area contributed by atoms with Crippen LogP contribution in [0, 0.1) is 0 Å². The third-order valence-electron chi connectivity index (χ3n) is 2.28. The monoisotopic (exact) mass is 201 g/mol. The average Bonchev–Trinajstić information content (AvgIpc) is 2.20. The molecule has 84 valence electrons. The van der Waals surface area contributed by atoms with Crippen LogP contribution in [-0.2, 0) is 9.53 Å². The second kappa shape index (κ2) is 9.00. The molecule has 0 atom stereocenters. The fourth-order valence-corrected chi connectivity index (χ4v) is 1.19. The van der Waals surface area contributed by atoms with Gasteiger partial charge < -0.3 is 10.1 Å². The minimum absolute atomic E-state index is 0.134. The van der Waals surface area contributed by atoms with E-state index in [1.54, 1.807) is 0 Å². The molecule has 0 amide bonds. The first kappa shape index (κ1) is 13.4. The van der Waals surface area contributed by atoms with Crippen molar-refractivity contribution in [2.75, 3.05) is 13.2 Å². The minimum Gasteiger partial charge on any atom is -0.465 e. The Labute approximate surface area is 87.2 Å². The lowest BCUT2D eigenvalue weighted by atomic mass is 10.2. The third-order valence-corrected chi connectivity index (χ3v) is 2.28. The predicted molar refractivity (Wildman–Crippen MR) is 58.2 cm³/mol. The van der Waals surface area contributed by atoms with Crippen molar-refractivity contribution >= 4 is 5.97 Å². The number of ether oxygens (including phenoxy) is 1. The maximum Gasteiger partial charge on any atom is 0.319 e. The Kier molecular flexibility index (Phi) is 8.64. The van der Waals surface area contributed by atoms with Gasteiger partial charge in [0.25, 0.3) is 0 Å². The Balaban J connectivity index is 3.42. The van der Waals surface area contributed by atoms with E-state index < -0.39 is 0 Å². The lowest BCUT2D eigenvalue weighted by molar-refractivity contribution is -0.142. The Bertz CT molecular complexity index is 144. The fraction of sp³-hybridized carbons (Fsp3) is 0.909. The summed E-state index contributed by atoms with van der Waals surface area (Å²) in [5, 5.41) is 3.17. The molecule has 0 heterocycles. The van der Waals surface area contributed by atoms with E-state index >= 15 is 0 Å². The van der Waals surface area contributed by atoms with Crippen LogP contribution in [0.25, 0.3) is 0 Å². The van der Waals surface area contributed by atoms with Gasteiger partial charge in [0.1, 0.15) is 0 Å². The highest BCUT2D eigenvalue weighted by atomic mass is 16.5. The molecule has 0 aromatic carbocycles. The minimum atomic E-state index is -0.134. The molecule has 0 aromatic heterocycles. The number of esters is 1. The largest absolute Gasteiger partial charge is 0.465 e. The standard InChI is InChI=1S/C11H23NO2/c1-4-7-8-14-11(13)9-12-10(5-2)6-3/h10,12H,4-9H2,1-3H3. The van der Waals surface area contributed by atoms with Crippen molar-refractivity contribution in [3.63, 3.8) is 0 Å². The van der Waals surface area contributed by atoms with E-state index in [1.807, 2.05) is 0 Å². The Hall–Kier alpha value is -0.570. The van der Waals surface area contributed by atoms with Gasteiger partial charge in [-0.05, 0) is 19.3 Å². The molecule has 0 aliphatic carbocycles. The highest BCUT2D eigenvalue weighted by Gasteiger charge is 2.06. The molecule has 0 fully saturated rings. The average molecular weight is 201 g/mol. The van der Waals surface area contributed by atoms with Gasteiger partial charge in [-0.1, -0.05) is 27.2 Å². The summed E-state index contributed by atoms with van der Waals surface area (Å²) in [7, 11) is 0. The van der Waals surface area contributed by atoms with Gasteiger partial charge in [0.05, 0.1) is 13.2 Å². The van der Waals surface area contributed by atoms with Gasteiger partial charge in [-0.25, -0.2) is 0 Å². The van der Waals surface area contributed by atoms with Crippen molar-refractivity contribution in [2.45, 2.75) is 52.5 Å². The number of unbranched alkanes of at least 4 members (excludes halogenated alkanes) is 1. The summed E-state index contributed by atoms with van der Waals surface area (Å²) in [6, 6.07) is 0.439. The number of carbonyl (C=O) groups excluding carboxylic acids is 1. The summed E-state index contributed by atoms with van der Waals surface area (Å²) >= 11 is 0. The summed E-state index contributed by atoms with van der Waals surface area (Å²) in [6.07, 6.45) is 4.13. The predicted octanol–water partition coefficient (Wildman–Crippen LogP) is 2.11. The van der Waals surface area contributed by atoms with E-state index in [4.69, 9.17) is 4.74 Å². The van der Waals surface area contributed by atoms with Gasteiger partial charge in [-0.2, -0.15) is 0 Å². The number of hydrogen-bond acceptors (Lipinski definition) is 3. The lowest BCUT2D eigenvalue weighted by Crippen LogP contribution is -2.33. The van der Waals surface area contributed by atoms with Crippen LogP contribution >= 0.6 is 0 Å². The Morgan fingerprint density at radius 2 is 1.93 bits per heavy atom. The molecule has 1 N–H and O–H groups in total. The molecule has 0 saturated heterocycles. The van der Waals surface area contributed by atoms with Crippen LogP contribution < -0.4 is 5.32 Å². The van der Waals surface area contributed by atoms with E-state index in [2.05, 4.69) is 26.1 Å². The maximum absolute atomic E-state index is 11.2. The zero-order valence-corrected chi connectivity index (χ0v) is 9.64. The Morgan fingerprint density at radius 1 is 1.29 bits per heavy atom. The first-order valence-corrected chi connectivity index (χ1v) is 5.63. The molecule has 0 rings (SSSR count). The number of hydrogen-bond donors (Lipinski definition) is 1.